The fourth-order valence-electron chi connectivity index (χ4n) is 1.11. The summed E-state index contributed by atoms with van der Waals surface area (Å²) in [5.74, 6) is 1.63. The molecule has 0 amide bonds. The zero-order valence-corrected chi connectivity index (χ0v) is 8.41. The highest BCUT2D eigenvalue weighted by Gasteiger charge is 2.06. The van der Waals surface area contributed by atoms with Gasteiger partial charge in [-0.3, -0.25) is 0 Å². The molecule has 0 radical (unpaired) electrons. The maximum atomic E-state index is 5.74. The van der Waals surface area contributed by atoms with Gasteiger partial charge in [-0.15, -0.1) is 11.6 Å². The summed E-state index contributed by atoms with van der Waals surface area (Å²) in [6.45, 7) is 1.93. The molecule has 2 aromatic heterocycles. The molecular formula is C9H9ClN4. The van der Waals surface area contributed by atoms with Gasteiger partial charge in [-0.25, -0.2) is 15.0 Å². The Balaban J connectivity index is 2.46. The quantitative estimate of drug-likeness (QED) is 0.768. The van der Waals surface area contributed by atoms with Crippen molar-refractivity contribution in [3.8, 4) is 11.6 Å². The van der Waals surface area contributed by atoms with E-state index in [0.29, 0.717) is 17.5 Å². The topological polar surface area (TPSA) is 54.5 Å². The second kappa shape index (κ2) is 3.75. The average molecular weight is 209 g/mol. The Kier molecular flexibility index (Phi) is 2.45. The van der Waals surface area contributed by atoms with Gasteiger partial charge in [-0.05, 0) is 12.5 Å². The summed E-state index contributed by atoms with van der Waals surface area (Å²) in [6, 6.07) is 0. The van der Waals surface area contributed by atoms with E-state index in [9.17, 15) is 0 Å². The molecule has 1 N–H and O–H groups in total. The van der Waals surface area contributed by atoms with E-state index in [1.54, 1.807) is 18.6 Å². The zero-order valence-electron chi connectivity index (χ0n) is 7.66. The summed E-state index contributed by atoms with van der Waals surface area (Å²) in [6.07, 6.45) is 5.15. The number of halogens is 1. The Bertz CT molecular complexity index is 424. The van der Waals surface area contributed by atoms with Crippen LogP contribution in [-0.2, 0) is 5.88 Å². The van der Waals surface area contributed by atoms with Crippen molar-refractivity contribution in [1.29, 1.82) is 0 Å². The van der Waals surface area contributed by atoms with Crippen LogP contribution in [0.2, 0.25) is 0 Å². The number of nitrogens with one attached hydrogen (secondary N) is 1. The maximum Gasteiger partial charge on any atom is 0.195 e. The van der Waals surface area contributed by atoms with Crippen LogP contribution >= 0.6 is 11.6 Å². The number of nitrogens with zero attached hydrogens (tertiary/aromatic N) is 3. The number of hydrogen-bond acceptors (Lipinski definition) is 3. The molecule has 2 rings (SSSR count). The lowest BCUT2D eigenvalue weighted by Crippen LogP contribution is -1.97. The molecule has 2 aromatic rings. The van der Waals surface area contributed by atoms with Crippen LogP contribution in [-0.4, -0.2) is 19.9 Å². The minimum atomic E-state index is 0.391. The third-order valence-electron chi connectivity index (χ3n) is 1.91. The van der Waals surface area contributed by atoms with Crippen LogP contribution in [0.4, 0.5) is 0 Å². The van der Waals surface area contributed by atoms with E-state index < -0.39 is 0 Å². The maximum absolute atomic E-state index is 5.74. The van der Waals surface area contributed by atoms with Crippen molar-refractivity contribution < 1.29 is 0 Å². The van der Waals surface area contributed by atoms with Crippen LogP contribution in [0.25, 0.3) is 11.6 Å². The molecule has 0 aromatic carbocycles. The van der Waals surface area contributed by atoms with Crippen LogP contribution in [0.3, 0.4) is 0 Å². The van der Waals surface area contributed by atoms with E-state index in [2.05, 4.69) is 19.9 Å². The fraction of sp³-hybridized carbons (Fsp3) is 0.222. The van der Waals surface area contributed by atoms with Gasteiger partial charge in [0.15, 0.2) is 11.6 Å². The molecule has 0 fully saturated rings. The van der Waals surface area contributed by atoms with E-state index >= 15 is 0 Å². The van der Waals surface area contributed by atoms with Gasteiger partial charge in [0.2, 0.25) is 0 Å². The monoisotopic (exact) mass is 208 g/mol. The molecule has 14 heavy (non-hydrogen) atoms. The van der Waals surface area contributed by atoms with Gasteiger partial charge in [0, 0.05) is 18.6 Å². The van der Waals surface area contributed by atoms with Crippen molar-refractivity contribution in [3.63, 3.8) is 0 Å². The van der Waals surface area contributed by atoms with Crippen molar-refractivity contribution in [2.24, 2.45) is 0 Å². The van der Waals surface area contributed by atoms with Crippen molar-refractivity contribution in [2.45, 2.75) is 12.8 Å². The van der Waals surface area contributed by atoms with Crippen LogP contribution in [0.1, 0.15) is 11.3 Å². The van der Waals surface area contributed by atoms with E-state index in [1.807, 2.05) is 6.92 Å². The molecule has 0 aliphatic heterocycles. The number of H-pyrrole nitrogens is 1. The van der Waals surface area contributed by atoms with Gasteiger partial charge in [-0.2, -0.15) is 0 Å². The first-order valence-electron chi connectivity index (χ1n) is 4.19. The third-order valence-corrected chi connectivity index (χ3v) is 2.17. The molecule has 5 heteroatoms. The van der Waals surface area contributed by atoms with E-state index in [-0.39, 0.29) is 0 Å². The van der Waals surface area contributed by atoms with Gasteiger partial charge < -0.3 is 4.98 Å². The summed E-state index contributed by atoms with van der Waals surface area (Å²) >= 11 is 5.74. The second-order valence-corrected chi connectivity index (χ2v) is 3.16. The van der Waals surface area contributed by atoms with Crippen LogP contribution < -0.4 is 0 Å². The Morgan fingerprint density at radius 2 is 2.29 bits per heavy atom. The second-order valence-electron chi connectivity index (χ2n) is 2.89. The average Bonchev–Trinajstić information content (AvgIpc) is 2.71. The van der Waals surface area contributed by atoms with E-state index in [1.165, 1.54) is 0 Å². The molecule has 4 nitrogen and oxygen atoms in total. The molecule has 0 aliphatic carbocycles. The van der Waals surface area contributed by atoms with E-state index in [4.69, 9.17) is 11.6 Å². The predicted octanol–water partition coefficient (Wildman–Crippen LogP) is 1.91. The highest BCUT2D eigenvalue weighted by molar-refractivity contribution is 6.17. The number of aromatic nitrogens is 4. The highest BCUT2D eigenvalue weighted by atomic mass is 35.5. The third kappa shape index (κ3) is 1.61. The first-order chi connectivity index (χ1) is 6.81. The number of aryl methyl sites for hydroxylation is 1. The smallest absolute Gasteiger partial charge is 0.195 e. The van der Waals surface area contributed by atoms with Crippen molar-refractivity contribution in [2.75, 3.05) is 0 Å². The van der Waals surface area contributed by atoms with Crippen LogP contribution in [0.15, 0.2) is 18.6 Å². The highest BCUT2D eigenvalue weighted by Crippen LogP contribution is 2.12. The summed E-state index contributed by atoms with van der Waals surface area (Å²) in [7, 11) is 0. The van der Waals surface area contributed by atoms with Crippen LogP contribution in [0.5, 0.6) is 0 Å². The van der Waals surface area contributed by atoms with E-state index in [0.717, 1.165) is 11.3 Å². The molecule has 0 saturated carbocycles. The molecule has 0 bridgehead atoms. The summed E-state index contributed by atoms with van der Waals surface area (Å²) < 4.78 is 0. The lowest BCUT2D eigenvalue weighted by atomic mass is 10.3. The SMILES string of the molecule is Cc1cnc(-c2ncc[nH]2)nc1CCl. The Labute approximate surface area is 86.4 Å². The standard InChI is InChI=1S/C9H9ClN4/c1-6-5-13-9(14-7(6)4-10)8-11-2-3-12-8/h2-3,5H,4H2,1H3,(H,11,12). The predicted molar refractivity (Wildman–Crippen MR) is 53.9 cm³/mol. The number of rotatable bonds is 2. The molecule has 0 saturated heterocycles. The van der Waals surface area contributed by atoms with Crippen molar-refractivity contribution in [1.82, 2.24) is 19.9 Å². The lowest BCUT2D eigenvalue weighted by molar-refractivity contribution is 1.03. The summed E-state index contributed by atoms with van der Waals surface area (Å²) in [5.41, 5.74) is 1.84. The Hall–Kier alpha value is -1.42. The molecule has 72 valence electrons. The lowest BCUT2D eigenvalue weighted by Gasteiger charge is -2.01. The Morgan fingerprint density at radius 1 is 1.43 bits per heavy atom. The van der Waals surface area contributed by atoms with Crippen molar-refractivity contribution >= 4 is 11.6 Å². The number of imidazole rings is 1. The first-order valence-corrected chi connectivity index (χ1v) is 4.73. The van der Waals surface area contributed by atoms with Crippen LogP contribution in [0, 0.1) is 6.92 Å². The molecule has 0 spiro atoms. The minimum absolute atomic E-state index is 0.391. The minimum Gasteiger partial charge on any atom is -0.342 e. The van der Waals surface area contributed by atoms with Crippen molar-refractivity contribution in [3.05, 3.63) is 29.8 Å². The molecular weight excluding hydrogens is 200 g/mol. The Morgan fingerprint density at radius 3 is 2.93 bits per heavy atom. The normalized spacial score (nSPS) is 10.4. The summed E-state index contributed by atoms with van der Waals surface area (Å²) in [4.78, 5) is 15.5. The molecule has 0 aliphatic rings. The fourth-order valence-corrected chi connectivity index (χ4v) is 1.38. The molecule has 0 unspecified atom stereocenters. The number of hydrogen-bond donors (Lipinski definition) is 1. The van der Waals surface area contributed by atoms with Gasteiger partial charge in [0.25, 0.3) is 0 Å². The van der Waals surface area contributed by atoms with Gasteiger partial charge in [-0.1, -0.05) is 0 Å². The molecule has 0 atom stereocenters. The molecule has 2 heterocycles. The number of alkyl halides is 1. The number of aromatic amines is 1. The van der Waals surface area contributed by atoms with Gasteiger partial charge in [0.1, 0.15) is 0 Å². The van der Waals surface area contributed by atoms with Gasteiger partial charge in [0.05, 0.1) is 11.6 Å². The van der Waals surface area contributed by atoms with Gasteiger partial charge >= 0.3 is 0 Å². The summed E-state index contributed by atoms with van der Waals surface area (Å²) in [5, 5.41) is 0. The zero-order chi connectivity index (χ0) is 9.97. The largest absolute Gasteiger partial charge is 0.342 e. The first kappa shape index (κ1) is 9.15.